The van der Waals surface area contributed by atoms with Crippen LogP contribution in [0.1, 0.15) is 9.67 Å². The van der Waals surface area contributed by atoms with Gasteiger partial charge in [0.15, 0.2) is 5.06 Å². The molecule has 0 aliphatic carbocycles. The third-order valence-corrected chi connectivity index (χ3v) is 3.16. The molecule has 1 aromatic carbocycles. The zero-order valence-electron chi connectivity index (χ0n) is 8.31. The topological polar surface area (TPSA) is 46.5 Å². The van der Waals surface area contributed by atoms with E-state index in [1.165, 1.54) is 24.3 Å². The lowest BCUT2D eigenvalue weighted by atomic mass is 10.3. The van der Waals surface area contributed by atoms with Crippen molar-refractivity contribution in [2.75, 3.05) is 0 Å². The van der Waals surface area contributed by atoms with E-state index < -0.39 is 11.8 Å². The zero-order chi connectivity index (χ0) is 12.4. The van der Waals surface area contributed by atoms with E-state index in [4.69, 9.17) is 21.4 Å². The Hall–Kier alpha value is -1.59. The highest BCUT2D eigenvalue weighted by Crippen LogP contribution is 2.30. The van der Waals surface area contributed by atoms with Gasteiger partial charge < -0.3 is 9.84 Å². The summed E-state index contributed by atoms with van der Waals surface area (Å²) in [7, 11) is 0. The molecule has 2 aromatic rings. The molecule has 0 radical (unpaired) electrons. The van der Waals surface area contributed by atoms with Gasteiger partial charge in [-0.25, -0.2) is 9.18 Å². The maximum Gasteiger partial charge on any atom is 0.345 e. The normalized spacial score (nSPS) is 10.2. The quantitative estimate of drug-likeness (QED) is 0.917. The number of carboxylic acids is 1. The summed E-state index contributed by atoms with van der Waals surface area (Å²) < 4.78 is 18.4. The van der Waals surface area contributed by atoms with Crippen LogP contribution >= 0.6 is 22.9 Å². The van der Waals surface area contributed by atoms with Crippen LogP contribution in [-0.4, -0.2) is 11.1 Å². The lowest BCUT2D eigenvalue weighted by Crippen LogP contribution is -1.89. The summed E-state index contributed by atoms with van der Waals surface area (Å²) in [5.41, 5.74) is 0. The minimum atomic E-state index is -1.02. The minimum Gasteiger partial charge on any atom is -0.477 e. The Morgan fingerprint density at radius 3 is 2.71 bits per heavy atom. The van der Waals surface area contributed by atoms with Gasteiger partial charge in [-0.2, -0.15) is 0 Å². The Balaban J connectivity index is 2.19. The molecule has 0 saturated carbocycles. The first-order valence-corrected chi connectivity index (χ1v) is 5.72. The molecule has 2 rings (SSSR count). The molecule has 0 amide bonds. The SMILES string of the molecule is O=C(O)c1ccc(Oc2ccc(Cl)c(F)c2)s1. The van der Waals surface area contributed by atoms with Gasteiger partial charge in [-0.1, -0.05) is 22.9 Å². The molecule has 0 aliphatic rings. The van der Waals surface area contributed by atoms with Gasteiger partial charge in [0.1, 0.15) is 16.4 Å². The second kappa shape index (κ2) is 4.73. The standard InChI is InChI=1S/C11H6ClFO3S/c12-7-2-1-6(5-8(7)13)16-10-4-3-9(17-10)11(14)15/h1-5H,(H,14,15). The number of rotatable bonds is 3. The average Bonchev–Trinajstić information content (AvgIpc) is 2.72. The van der Waals surface area contributed by atoms with E-state index in [2.05, 4.69) is 0 Å². The maximum absolute atomic E-state index is 13.1. The first-order valence-electron chi connectivity index (χ1n) is 4.52. The lowest BCUT2D eigenvalue weighted by Gasteiger charge is -2.02. The summed E-state index contributed by atoms with van der Waals surface area (Å²) in [4.78, 5) is 10.8. The summed E-state index contributed by atoms with van der Waals surface area (Å²) in [5.74, 6) is -1.34. The zero-order valence-corrected chi connectivity index (χ0v) is 9.89. The van der Waals surface area contributed by atoms with E-state index >= 15 is 0 Å². The molecule has 17 heavy (non-hydrogen) atoms. The van der Waals surface area contributed by atoms with Crippen LogP contribution in [0.25, 0.3) is 0 Å². The van der Waals surface area contributed by atoms with Crippen LogP contribution in [0.4, 0.5) is 4.39 Å². The second-order valence-electron chi connectivity index (χ2n) is 3.10. The molecule has 1 aromatic heterocycles. The van der Waals surface area contributed by atoms with Gasteiger partial charge in [0, 0.05) is 6.07 Å². The molecule has 88 valence electrons. The second-order valence-corrected chi connectivity index (χ2v) is 4.56. The largest absolute Gasteiger partial charge is 0.477 e. The number of halogens is 2. The molecule has 3 nitrogen and oxygen atoms in total. The highest BCUT2D eigenvalue weighted by molar-refractivity contribution is 7.15. The van der Waals surface area contributed by atoms with Crippen molar-refractivity contribution in [2.45, 2.75) is 0 Å². The molecule has 0 aliphatic heterocycles. The van der Waals surface area contributed by atoms with Crippen molar-refractivity contribution in [3.8, 4) is 10.8 Å². The van der Waals surface area contributed by atoms with Gasteiger partial charge in [0.05, 0.1) is 5.02 Å². The van der Waals surface area contributed by atoms with Crippen LogP contribution in [0.3, 0.4) is 0 Å². The average molecular weight is 273 g/mol. The molecule has 0 fully saturated rings. The Kier molecular flexibility index (Phi) is 3.31. The molecule has 0 spiro atoms. The number of thiophene rings is 1. The van der Waals surface area contributed by atoms with Gasteiger partial charge in [-0.05, 0) is 24.3 Å². The number of carboxylic acid groups (broad SMARTS) is 1. The van der Waals surface area contributed by atoms with E-state index in [0.717, 1.165) is 17.4 Å². The van der Waals surface area contributed by atoms with E-state index in [1.54, 1.807) is 0 Å². The number of hydrogen-bond donors (Lipinski definition) is 1. The molecule has 0 saturated heterocycles. The van der Waals surface area contributed by atoms with Gasteiger partial charge in [0.25, 0.3) is 0 Å². The predicted octanol–water partition coefficient (Wildman–Crippen LogP) is 4.03. The highest BCUT2D eigenvalue weighted by atomic mass is 35.5. The third kappa shape index (κ3) is 2.75. The van der Waals surface area contributed by atoms with E-state index in [-0.39, 0.29) is 15.6 Å². The Labute approximate surface area is 105 Å². The van der Waals surface area contributed by atoms with E-state index in [1.807, 2.05) is 0 Å². The molecule has 1 N–H and O–H groups in total. The van der Waals surface area contributed by atoms with Crippen molar-refractivity contribution >= 4 is 28.9 Å². The molecule has 0 bridgehead atoms. The molecule has 6 heteroatoms. The fraction of sp³-hybridized carbons (Fsp3) is 0. The minimum absolute atomic E-state index is 0.00903. The number of carbonyl (C=O) groups is 1. The van der Waals surface area contributed by atoms with Crippen molar-refractivity contribution in [1.82, 2.24) is 0 Å². The fourth-order valence-corrected chi connectivity index (χ4v) is 1.98. The van der Waals surface area contributed by atoms with Crippen LogP contribution in [0, 0.1) is 5.82 Å². The summed E-state index contributed by atoms with van der Waals surface area (Å²) in [6, 6.07) is 6.96. The van der Waals surface area contributed by atoms with Crippen LogP contribution < -0.4 is 4.74 Å². The Morgan fingerprint density at radius 2 is 2.12 bits per heavy atom. The van der Waals surface area contributed by atoms with Gasteiger partial charge in [-0.15, -0.1) is 0 Å². The Bertz CT molecular complexity index is 568. The first-order chi connectivity index (χ1) is 8.06. The van der Waals surface area contributed by atoms with Crippen molar-refractivity contribution in [1.29, 1.82) is 0 Å². The van der Waals surface area contributed by atoms with Crippen molar-refractivity contribution in [3.63, 3.8) is 0 Å². The van der Waals surface area contributed by atoms with Crippen molar-refractivity contribution in [3.05, 3.63) is 46.0 Å². The predicted molar refractivity (Wildman–Crippen MR) is 62.8 cm³/mol. The van der Waals surface area contributed by atoms with Crippen LogP contribution in [0.15, 0.2) is 30.3 Å². The van der Waals surface area contributed by atoms with Gasteiger partial charge >= 0.3 is 5.97 Å². The summed E-state index contributed by atoms with van der Waals surface area (Å²) in [6.07, 6.45) is 0. The number of ether oxygens (including phenoxy) is 1. The first kappa shape index (κ1) is 11.9. The van der Waals surface area contributed by atoms with Crippen LogP contribution in [0.2, 0.25) is 5.02 Å². The lowest BCUT2D eigenvalue weighted by molar-refractivity contribution is 0.0702. The summed E-state index contributed by atoms with van der Waals surface area (Å²) >= 11 is 6.49. The summed E-state index contributed by atoms with van der Waals surface area (Å²) in [6.45, 7) is 0. The monoisotopic (exact) mass is 272 g/mol. The molecule has 1 heterocycles. The van der Waals surface area contributed by atoms with Gasteiger partial charge in [0.2, 0.25) is 0 Å². The number of hydrogen-bond acceptors (Lipinski definition) is 3. The van der Waals surface area contributed by atoms with Crippen molar-refractivity contribution < 1.29 is 19.0 Å². The maximum atomic E-state index is 13.1. The fourth-order valence-electron chi connectivity index (χ4n) is 1.15. The molecule has 0 atom stereocenters. The molecule has 0 unspecified atom stereocenters. The number of benzene rings is 1. The van der Waals surface area contributed by atoms with E-state index in [0.29, 0.717) is 5.06 Å². The third-order valence-electron chi connectivity index (χ3n) is 1.90. The smallest absolute Gasteiger partial charge is 0.345 e. The van der Waals surface area contributed by atoms with Crippen LogP contribution in [0.5, 0.6) is 10.8 Å². The molecular formula is C11H6ClFO3S. The van der Waals surface area contributed by atoms with Gasteiger partial charge in [-0.3, -0.25) is 0 Å². The number of aromatic carboxylic acids is 1. The highest BCUT2D eigenvalue weighted by Gasteiger charge is 2.09. The molecular weight excluding hydrogens is 267 g/mol. The Morgan fingerprint density at radius 1 is 1.35 bits per heavy atom. The van der Waals surface area contributed by atoms with E-state index in [9.17, 15) is 9.18 Å². The summed E-state index contributed by atoms with van der Waals surface area (Å²) in [5, 5.41) is 9.11. The van der Waals surface area contributed by atoms with Crippen molar-refractivity contribution in [2.24, 2.45) is 0 Å². The van der Waals surface area contributed by atoms with Crippen LogP contribution in [-0.2, 0) is 0 Å².